The molecule has 0 atom stereocenters. The lowest BCUT2D eigenvalue weighted by Crippen LogP contribution is -2.25. The summed E-state index contributed by atoms with van der Waals surface area (Å²) in [6.45, 7) is 2.09. The molecule has 38 heavy (non-hydrogen) atoms. The van der Waals surface area contributed by atoms with Crippen molar-refractivity contribution in [2.24, 2.45) is 5.92 Å². The van der Waals surface area contributed by atoms with Crippen LogP contribution in [0.5, 0.6) is 5.75 Å². The van der Waals surface area contributed by atoms with E-state index in [1.165, 1.54) is 0 Å². The molecule has 0 amide bonds. The van der Waals surface area contributed by atoms with Crippen LogP contribution in [-0.2, 0) is 6.11 Å². The average Bonchev–Trinajstić information content (AvgIpc) is 2.82. The topological polar surface area (TPSA) is 9.23 Å². The quantitative estimate of drug-likeness (QED) is 0.212. The lowest BCUT2D eigenvalue weighted by atomic mass is 9.77. The fourth-order valence-corrected chi connectivity index (χ4v) is 5.08. The largest absolute Gasteiger partial charge is 0.432 e. The second-order valence-electron chi connectivity index (χ2n) is 9.50. The first-order valence-corrected chi connectivity index (χ1v) is 12.1. The molecular weight excluding hydrogens is 523 g/mol. The standard InChI is InChI=1S/C28H23F9O/c1-2-3-14-4-6-15(7-5-14)16-8-19(29)25(20(30)9-16)17-10-21(31)26(22(32)11-17)28(36,37)38-18-12-23(33)27(35)24(34)13-18/h8-15H,2-7H2,1H3. The number of halogens is 9. The van der Waals surface area contributed by atoms with Gasteiger partial charge in [0.05, 0.1) is 5.56 Å². The molecule has 1 nitrogen and oxygen atoms in total. The van der Waals surface area contributed by atoms with E-state index in [0.29, 0.717) is 23.6 Å². The SMILES string of the molecule is CCCC1CCC(c2cc(F)c(-c3cc(F)c(C(F)(F)Oc4cc(F)c(F)c(F)c4)c(F)c3)c(F)c2)CC1. The minimum absolute atomic E-state index is 0.0685. The maximum Gasteiger partial charge on any atom is 0.432 e. The highest BCUT2D eigenvalue weighted by atomic mass is 19.3. The van der Waals surface area contributed by atoms with Crippen molar-refractivity contribution in [2.75, 3.05) is 0 Å². The summed E-state index contributed by atoms with van der Waals surface area (Å²) < 4.78 is 132. The van der Waals surface area contributed by atoms with Crippen molar-refractivity contribution in [3.05, 3.63) is 88.2 Å². The smallest absolute Gasteiger partial charge is 0.429 e. The van der Waals surface area contributed by atoms with Crippen LogP contribution in [0.2, 0.25) is 0 Å². The molecule has 0 radical (unpaired) electrons. The highest BCUT2D eigenvalue weighted by Crippen LogP contribution is 2.41. The van der Waals surface area contributed by atoms with Crippen LogP contribution in [0.3, 0.4) is 0 Å². The zero-order valence-corrected chi connectivity index (χ0v) is 20.2. The Morgan fingerprint density at radius 1 is 0.711 bits per heavy atom. The summed E-state index contributed by atoms with van der Waals surface area (Å²) in [6, 6.07) is 2.92. The molecule has 1 aliphatic rings. The van der Waals surface area contributed by atoms with Crippen molar-refractivity contribution in [3.8, 4) is 16.9 Å². The highest BCUT2D eigenvalue weighted by molar-refractivity contribution is 5.66. The van der Waals surface area contributed by atoms with E-state index in [4.69, 9.17) is 0 Å². The van der Waals surface area contributed by atoms with E-state index in [2.05, 4.69) is 11.7 Å². The van der Waals surface area contributed by atoms with Crippen molar-refractivity contribution in [2.45, 2.75) is 57.5 Å². The second-order valence-corrected chi connectivity index (χ2v) is 9.50. The van der Waals surface area contributed by atoms with Gasteiger partial charge in [-0.15, -0.1) is 0 Å². The molecule has 0 spiro atoms. The molecule has 3 aromatic carbocycles. The predicted octanol–water partition coefficient (Wildman–Crippen LogP) is 9.53. The van der Waals surface area contributed by atoms with Gasteiger partial charge in [0.2, 0.25) is 0 Å². The summed E-state index contributed by atoms with van der Waals surface area (Å²) in [6.07, 6.45) is 0.671. The van der Waals surface area contributed by atoms with Gasteiger partial charge in [-0.3, -0.25) is 0 Å². The number of ether oxygens (including phenoxy) is 1. The molecule has 0 aliphatic heterocycles. The van der Waals surface area contributed by atoms with E-state index in [1.807, 2.05) is 0 Å². The van der Waals surface area contributed by atoms with E-state index in [9.17, 15) is 39.5 Å². The maximum absolute atomic E-state index is 15.0. The van der Waals surface area contributed by atoms with Gasteiger partial charge in [0.15, 0.2) is 17.5 Å². The van der Waals surface area contributed by atoms with E-state index in [-0.39, 0.29) is 18.1 Å². The van der Waals surface area contributed by atoms with Crippen molar-refractivity contribution in [3.63, 3.8) is 0 Å². The summed E-state index contributed by atoms with van der Waals surface area (Å²) in [7, 11) is 0. The van der Waals surface area contributed by atoms with Gasteiger partial charge in [0.25, 0.3) is 0 Å². The molecule has 3 aromatic rings. The van der Waals surface area contributed by atoms with Gasteiger partial charge in [0, 0.05) is 12.1 Å². The van der Waals surface area contributed by atoms with Crippen molar-refractivity contribution in [1.29, 1.82) is 0 Å². The van der Waals surface area contributed by atoms with Crippen molar-refractivity contribution in [1.82, 2.24) is 0 Å². The van der Waals surface area contributed by atoms with Crippen molar-refractivity contribution < 1.29 is 44.3 Å². The molecule has 0 N–H and O–H groups in total. The highest BCUT2D eigenvalue weighted by Gasteiger charge is 2.42. The Balaban J connectivity index is 1.62. The zero-order valence-electron chi connectivity index (χ0n) is 20.2. The Morgan fingerprint density at radius 2 is 1.24 bits per heavy atom. The fourth-order valence-electron chi connectivity index (χ4n) is 5.08. The summed E-state index contributed by atoms with van der Waals surface area (Å²) in [5, 5.41) is 0. The van der Waals surface area contributed by atoms with Crippen LogP contribution in [0.25, 0.3) is 11.1 Å². The Labute approximate surface area is 213 Å². The third-order valence-corrected chi connectivity index (χ3v) is 6.90. The number of benzene rings is 3. The molecule has 4 rings (SSSR count). The van der Waals surface area contributed by atoms with E-state index >= 15 is 0 Å². The van der Waals surface area contributed by atoms with E-state index < -0.39 is 69.3 Å². The molecule has 10 heteroatoms. The minimum Gasteiger partial charge on any atom is -0.429 e. The monoisotopic (exact) mass is 546 g/mol. The van der Waals surface area contributed by atoms with Crippen LogP contribution < -0.4 is 4.74 Å². The minimum atomic E-state index is -4.82. The van der Waals surface area contributed by atoms with Crippen LogP contribution in [0.1, 0.15) is 62.5 Å². The third kappa shape index (κ3) is 5.63. The van der Waals surface area contributed by atoms with E-state index in [0.717, 1.165) is 50.7 Å². The molecular formula is C28H23F9O. The van der Waals surface area contributed by atoms with Gasteiger partial charge in [-0.05, 0) is 72.9 Å². The molecule has 204 valence electrons. The summed E-state index contributed by atoms with van der Waals surface area (Å²) in [5.41, 5.74) is -3.03. The number of hydrogen-bond acceptors (Lipinski definition) is 1. The number of rotatable bonds is 7. The first-order chi connectivity index (χ1) is 17.9. The zero-order chi connectivity index (χ0) is 27.8. The molecule has 1 saturated carbocycles. The van der Waals surface area contributed by atoms with Gasteiger partial charge < -0.3 is 4.74 Å². The summed E-state index contributed by atoms with van der Waals surface area (Å²) >= 11 is 0. The Hall–Kier alpha value is -3.17. The lowest BCUT2D eigenvalue weighted by Gasteiger charge is -2.29. The molecule has 0 saturated heterocycles. The number of hydrogen-bond donors (Lipinski definition) is 0. The Bertz CT molecular complexity index is 1260. The third-order valence-electron chi connectivity index (χ3n) is 6.90. The molecule has 0 heterocycles. The summed E-state index contributed by atoms with van der Waals surface area (Å²) in [4.78, 5) is 0. The Kier molecular flexibility index (Phi) is 7.99. The van der Waals surface area contributed by atoms with Gasteiger partial charge in [0.1, 0.15) is 34.6 Å². The lowest BCUT2D eigenvalue weighted by molar-refractivity contribution is -0.189. The van der Waals surface area contributed by atoms with Gasteiger partial charge in [-0.2, -0.15) is 8.78 Å². The van der Waals surface area contributed by atoms with Crippen LogP contribution in [0.4, 0.5) is 39.5 Å². The number of alkyl halides is 2. The maximum atomic E-state index is 15.0. The molecule has 0 aromatic heterocycles. The Morgan fingerprint density at radius 3 is 1.74 bits per heavy atom. The van der Waals surface area contributed by atoms with Crippen LogP contribution in [-0.4, -0.2) is 0 Å². The van der Waals surface area contributed by atoms with Gasteiger partial charge >= 0.3 is 6.11 Å². The first-order valence-electron chi connectivity index (χ1n) is 12.1. The molecule has 1 aliphatic carbocycles. The normalized spacial score (nSPS) is 18.1. The molecule has 0 unspecified atom stereocenters. The van der Waals surface area contributed by atoms with Crippen LogP contribution in [0.15, 0.2) is 36.4 Å². The van der Waals surface area contributed by atoms with E-state index in [1.54, 1.807) is 0 Å². The van der Waals surface area contributed by atoms with Gasteiger partial charge in [-0.1, -0.05) is 19.8 Å². The average molecular weight is 546 g/mol. The second kappa shape index (κ2) is 10.9. The van der Waals surface area contributed by atoms with Crippen LogP contribution in [0, 0.1) is 46.6 Å². The fraction of sp³-hybridized carbons (Fsp3) is 0.357. The molecule has 0 bridgehead atoms. The molecule has 1 fully saturated rings. The summed E-state index contributed by atoms with van der Waals surface area (Å²) in [5.74, 6) is -12.5. The van der Waals surface area contributed by atoms with Gasteiger partial charge in [-0.25, -0.2) is 30.7 Å². The predicted molar refractivity (Wildman–Crippen MR) is 122 cm³/mol. The van der Waals surface area contributed by atoms with Crippen molar-refractivity contribution >= 4 is 0 Å². The first kappa shape index (κ1) is 27.9. The van der Waals surface area contributed by atoms with Crippen LogP contribution >= 0.6 is 0 Å².